The van der Waals surface area contributed by atoms with Gasteiger partial charge in [-0.2, -0.15) is 0 Å². The molecule has 1 aliphatic rings. The molecule has 2 aromatic carbocycles. The van der Waals surface area contributed by atoms with E-state index in [1.54, 1.807) is 60.7 Å². The number of ether oxygens (including phenoxy) is 2. The van der Waals surface area contributed by atoms with Gasteiger partial charge in [0.05, 0.1) is 13.0 Å². The molecule has 1 aliphatic heterocycles. The lowest BCUT2D eigenvalue weighted by Gasteiger charge is -2.31. The molecule has 3 rings (SSSR count). The van der Waals surface area contributed by atoms with Crippen LogP contribution in [0, 0.1) is 0 Å². The molecule has 12 heteroatoms. The van der Waals surface area contributed by atoms with Crippen LogP contribution < -0.4 is 16.4 Å². The normalized spacial score (nSPS) is 16.9. The van der Waals surface area contributed by atoms with Gasteiger partial charge in [-0.25, -0.2) is 4.79 Å². The van der Waals surface area contributed by atoms with Crippen molar-refractivity contribution in [3.63, 3.8) is 0 Å². The largest absolute Gasteiger partial charge is 0.459 e. The van der Waals surface area contributed by atoms with Crippen molar-refractivity contribution < 1.29 is 38.6 Å². The number of carbonyl (C=O) groups excluding carboxylic acids is 5. The molecule has 0 aromatic heterocycles. The van der Waals surface area contributed by atoms with E-state index >= 15 is 0 Å². The number of nitrogens with one attached hydrogen (secondary N) is 2. The highest BCUT2D eigenvalue weighted by molar-refractivity contribution is 5.96. The Morgan fingerprint density at radius 3 is 2.12 bits per heavy atom. The Morgan fingerprint density at radius 2 is 1.56 bits per heavy atom. The summed E-state index contributed by atoms with van der Waals surface area (Å²) >= 11 is 0. The molecule has 4 atom stereocenters. The molecule has 0 bridgehead atoms. The highest BCUT2D eigenvalue weighted by Crippen LogP contribution is 2.21. The van der Waals surface area contributed by atoms with E-state index in [1.165, 1.54) is 4.90 Å². The van der Waals surface area contributed by atoms with E-state index in [9.17, 15) is 29.1 Å². The molecule has 2 aromatic rings. The topological polar surface area (TPSA) is 177 Å². The number of aliphatic hydroxyl groups is 1. The van der Waals surface area contributed by atoms with E-state index in [1.807, 2.05) is 20.8 Å². The van der Waals surface area contributed by atoms with Crippen LogP contribution >= 0.6 is 0 Å². The molecule has 0 unspecified atom stereocenters. The molecule has 12 nitrogen and oxygen atoms in total. The zero-order valence-corrected chi connectivity index (χ0v) is 24.7. The third-order valence-corrected chi connectivity index (χ3v) is 6.64. The molecule has 0 saturated carbocycles. The molecule has 232 valence electrons. The Kier molecular flexibility index (Phi) is 11.8. The van der Waals surface area contributed by atoms with Gasteiger partial charge in [0.1, 0.15) is 18.7 Å². The first-order chi connectivity index (χ1) is 20.4. The zero-order chi connectivity index (χ0) is 31.6. The van der Waals surface area contributed by atoms with E-state index in [-0.39, 0.29) is 25.7 Å². The number of hydrogen-bond donors (Lipinski definition) is 4. The van der Waals surface area contributed by atoms with E-state index in [0.29, 0.717) is 24.0 Å². The number of likely N-dealkylation sites (tertiary alicyclic amines) is 1. The van der Waals surface area contributed by atoms with Gasteiger partial charge in [0.25, 0.3) is 11.8 Å². The molecule has 1 fully saturated rings. The number of amides is 4. The number of carbonyl (C=O) groups is 5. The van der Waals surface area contributed by atoms with Gasteiger partial charge in [0.15, 0.2) is 12.2 Å². The lowest BCUT2D eigenvalue weighted by molar-refractivity contribution is -0.162. The Balaban J connectivity index is 1.79. The Morgan fingerprint density at radius 1 is 0.977 bits per heavy atom. The summed E-state index contributed by atoms with van der Waals surface area (Å²) in [5.41, 5.74) is 6.12. The first kappa shape index (κ1) is 33.2. The van der Waals surface area contributed by atoms with Crippen LogP contribution in [0.15, 0.2) is 60.7 Å². The predicted octanol–water partition coefficient (Wildman–Crippen LogP) is 0.942. The number of hydrogen-bond acceptors (Lipinski definition) is 8. The molecule has 0 radical (unpaired) electrons. The van der Waals surface area contributed by atoms with Crippen molar-refractivity contribution in [1.29, 1.82) is 0 Å². The smallest absolute Gasteiger partial charge is 0.329 e. The number of aliphatic hydroxyl groups excluding tert-OH is 1. The Labute approximate surface area is 250 Å². The minimum absolute atomic E-state index is 0.118. The second-order valence-electron chi connectivity index (χ2n) is 11.4. The van der Waals surface area contributed by atoms with Crippen molar-refractivity contribution in [3.8, 4) is 0 Å². The fraction of sp³-hybridized carbons (Fsp3) is 0.452. The summed E-state index contributed by atoms with van der Waals surface area (Å²) in [6, 6.07) is 15.2. The van der Waals surface area contributed by atoms with Gasteiger partial charge in [0, 0.05) is 12.1 Å². The highest BCUT2D eigenvalue weighted by atomic mass is 16.5. The van der Waals surface area contributed by atoms with E-state index in [0.717, 1.165) is 0 Å². The highest BCUT2D eigenvalue weighted by Gasteiger charge is 2.43. The van der Waals surface area contributed by atoms with Gasteiger partial charge in [0.2, 0.25) is 11.8 Å². The van der Waals surface area contributed by atoms with Gasteiger partial charge >= 0.3 is 5.97 Å². The van der Waals surface area contributed by atoms with Crippen LogP contribution in [0.1, 0.15) is 51.2 Å². The van der Waals surface area contributed by atoms with Crippen molar-refractivity contribution in [1.82, 2.24) is 15.5 Å². The summed E-state index contributed by atoms with van der Waals surface area (Å²) in [5.74, 6) is -4.10. The molecular formula is C31H40N4O8. The number of esters is 1. The maximum atomic E-state index is 13.5. The van der Waals surface area contributed by atoms with Gasteiger partial charge in [-0.05, 0) is 44.7 Å². The van der Waals surface area contributed by atoms with Crippen LogP contribution in [0.3, 0.4) is 0 Å². The lowest BCUT2D eigenvalue weighted by Crippen LogP contribution is -2.58. The van der Waals surface area contributed by atoms with Crippen LogP contribution in [0.4, 0.5) is 0 Å². The maximum Gasteiger partial charge on any atom is 0.329 e. The minimum atomic E-state index is -2.03. The first-order valence-electron chi connectivity index (χ1n) is 14.1. The molecular weight excluding hydrogens is 556 g/mol. The Hall–Kier alpha value is -4.29. The van der Waals surface area contributed by atoms with Gasteiger partial charge < -0.3 is 35.8 Å². The van der Waals surface area contributed by atoms with Crippen molar-refractivity contribution in [2.45, 2.75) is 83.1 Å². The second kappa shape index (κ2) is 15.3. The van der Waals surface area contributed by atoms with Crippen LogP contribution in [0.5, 0.6) is 0 Å². The van der Waals surface area contributed by atoms with Gasteiger partial charge in [-0.15, -0.1) is 0 Å². The molecule has 1 saturated heterocycles. The van der Waals surface area contributed by atoms with Crippen molar-refractivity contribution in [2.75, 3.05) is 6.54 Å². The molecule has 5 N–H and O–H groups in total. The van der Waals surface area contributed by atoms with E-state index in [2.05, 4.69) is 10.6 Å². The van der Waals surface area contributed by atoms with E-state index in [4.69, 9.17) is 15.2 Å². The first-order valence-corrected chi connectivity index (χ1v) is 14.1. The average Bonchev–Trinajstić information content (AvgIpc) is 3.45. The third kappa shape index (κ3) is 10.2. The third-order valence-electron chi connectivity index (χ3n) is 6.64. The standard InChI is InChI=1S/C31H40N4O8/c1-31(2,3)34-27(38)23-15-10-16-35(23)29(40)25(37)26(42-18-20-11-6-4-7-12-20)28(39)33-22(17-24(32)36)30(41)43-19-21-13-8-5-9-14-21/h4-9,11-14,22-23,25-26,37H,10,15-19H2,1-3H3,(H2,32,36)(H,33,39)(H,34,38)/t22-,23-,25-,26-/m0/s1. The van der Waals surface area contributed by atoms with Crippen molar-refractivity contribution in [3.05, 3.63) is 71.8 Å². The van der Waals surface area contributed by atoms with Crippen molar-refractivity contribution >= 4 is 29.6 Å². The average molecular weight is 597 g/mol. The molecule has 43 heavy (non-hydrogen) atoms. The molecule has 1 heterocycles. The fourth-order valence-electron chi connectivity index (χ4n) is 4.60. The monoisotopic (exact) mass is 596 g/mol. The number of nitrogens with zero attached hydrogens (tertiary/aromatic N) is 1. The summed E-state index contributed by atoms with van der Waals surface area (Å²) < 4.78 is 11.0. The summed E-state index contributed by atoms with van der Waals surface area (Å²) in [7, 11) is 0. The van der Waals surface area contributed by atoms with Crippen molar-refractivity contribution in [2.24, 2.45) is 5.73 Å². The van der Waals surface area contributed by atoms with Crippen LogP contribution in [-0.2, 0) is 46.7 Å². The quantitative estimate of drug-likeness (QED) is 0.247. The SMILES string of the molecule is CC(C)(C)NC(=O)[C@@H]1CCCN1C(=O)[C@@H](O)[C@H](OCc1ccccc1)C(=O)N[C@@H](CC(N)=O)C(=O)OCc1ccccc1. The summed E-state index contributed by atoms with van der Waals surface area (Å²) in [6.45, 7) is 5.36. The number of primary amides is 1. The summed E-state index contributed by atoms with van der Waals surface area (Å²) in [6.07, 6.45) is -3.50. The Bertz CT molecular complexity index is 1270. The van der Waals surface area contributed by atoms with Crippen LogP contribution in [0.25, 0.3) is 0 Å². The molecule has 0 spiro atoms. The number of nitrogens with two attached hydrogens (primary N) is 1. The zero-order valence-electron chi connectivity index (χ0n) is 24.7. The minimum Gasteiger partial charge on any atom is -0.459 e. The van der Waals surface area contributed by atoms with E-state index < -0.39 is 59.9 Å². The lowest BCUT2D eigenvalue weighted by atomic mass is 10.1. The summed E-state index contributed by atoms with van der Waals surface area (Å²) in [4.78, 5) is 65.8. The maximum absolute atomic E-state index is 13.5. The van der Waals surface area contributed by atoms with Gasteiger partial charge in [-0.3, -0.25) is 19.2 Å². The predicted molar refractivity (Wildman–Crippen MR) is 156 cm³/mol. The van der Waals surface area contributed by atoms with Gasteiger partial charge in [-0.1, -0.05) is 60.7 Å². The fourth-order valence-corrected chi connectivity index (χ4v) is 4.60. The van der Waals surface area contributed by atoms with Crippen LogP contribution in [0.2, 0.25) is 0 Å². The van der Waals surface area contributed by atoms with Crippen LogP contribution in [-0.4, -0.2) is 76.0 Å². The summed E-state index contributed by atoms with van der Waals surface area (Å²) in [5, 5.41) is 16.4. The number of rotatable bonds is 13. The molecule has 4 amide bonds. The molecule has 0 aliphatic carbocycles. The second-order valence-corrected chi connectivity index (χ2v) is 11.4. The number of benzene rings is 2.